The van der Waals surface area contributed by atoms with Crippen LogP contribution in [-0.4, -0.2) is 0 Å². The fraction of sp³-hybridized carbons (Fsp3) is 0.455. The molecule has 8 aliphatic carbocycles. The summed E-state index contributed by atoms with van der Waals surface area (Å²) in [5, 5.41) is 0. The summed E-state index contributed by atoms with van der Waals surface area (Å²) in [6, 6.07) is 18.7. The third kappa shape index (κ3) is 5.48. The largest absolute Gasteiger partial charge is 0.451 e. The van der Waals surface area contributed by atoms with Crippen molar-refractivity contribution in [1.29, 1.82) is 0 Å². The fourth-order valence-electron chi connectivity index (χ4n) is 12.9. The standard InChI is InChI=1S/C44H52N6O3/c45-29-1-4-37(34(48)13-29)51-40-32(43-17-23-7-24(18-43)9-25(8-23)19-43)16-33(44-20-26-10-27(21-44)12-28(11-26)22-44)41(52-38-5-2-30(46)14-35(38)49)42(40)53-39-6-3-31(47)15-36(39)50/h1-6,13-16,23-28H,7-12,17-22,45-50H2. The third-order valence-corrected chi connectivity index (χ3v) is 14.1. The minimum Gasteiger partial charge on any atom is -0.451 e. The smallest absolute Gasteiger partial charge is 0.213 e. The fourth-order valence-corrected chi connectivity index (χ4v) is 12.9. The second-order valence-electron chi connectivity index (χ2n) is 18.1. The summed E-state index contributed by atoms with van der Waals surface area (Å²) < 4.78 is 21.4. The highest BCUT2D eigenvalue weighted by Crippen LogP contribution is 2.68. The van der Waals surface area contributed by atoms with Gasteiger partial charge in [0.15, 0.2) is 28.7 Å². The number of anilines is 6. The Balaban J connectivity index is 1.27. The van der Waals surface area contributed by atoms with Gasteiger partial charge in [-0.1, -0.05) is 0 Å². The van der Waals surface area contributed by atoms with Crippen LogP contribution >= 0.6 is 0 Å². The minimum atomic E-state index is -0.0623. The Kier molecular flexibility index (Phi) is 7.28. The van der Waals surface area contributed by atoms with Crippen LogP contribution in [0.3, 0.4) is 0 Å². The van der Waals surface area contributed by atoms with Crippen molar-refractivity contribution in [3.63, 3.8) is 0 Å². The van der Waals surface area contributed by atoms with Crippen LogP contribution in [-0.2, 0) is 10.8 Å². The van der Waals surface area contributed by atoms with Crippen molar-refractivity contribution in [3.05, 3.63) is 71.8 Å². The lowest BCUT2D eigenvalue weighted by Gasteiger charge is -2.59. The molecule has 0 aromatic heterocycles. The van der Waals surface area contributed by atoms with E-state index in [0.717, 1.165) is 38.5 Å². The van der Waals surface area contributed by atoms with Crippen molar-refractivity contribution in [3.8, 4) is 34.5 Å². The molecule has 12 rings (SSSR count). The van der Waals surface area contributed by atoms with Crippen LogP contribution < -0.4 is 48.6 Å². The monoisotopic (exact) mass is 712 g/mol. The van der Waals surface area contributed by atoms with E-state index in [-0.39, 0.29) is 10.8 Å². The topological polar surface area (TPSA) is 184 Å². The molecule has 0 amide bonds. The van der Waals surface area contributed by atoms with Crippen LogP contribution in [0.4, 0.5) is 34.1 Å². The van der Waals surface area contributed by atoms with Gasteiger partial charge in [0, 0.05) is 28.2 Å². The van der Waals surface area contributed by atoms with Crippen molar-refractivity contribution >= 4 is 34.1 Å². The summed E-state index contributed by atoms with van der Waals surface area (Å²) in [6.07, 6.45) is 14.8. The summed E-state index contributed by atoms with van der Waals surface area (Å²) in [5.41, 5.74) is 43.9. The number of hydrogen-bond acceptors (Lipinski definition) is 9. The van der Waals surface area contributed by atoms with E-state index in [1.807, 2.05) is 36.4 Å². The molecule has 0 unspecified atom stereocenters. The summed E-state index contributed by atoms with van der Waals surface area (Å²) in [4.78, 5) is 0. The SMILES string of the molecule is Nc1ccc(Oc2c(C34CC5CC(CC(C5)C3)C4)cc(C34CC5CC(CC(C5)C3)C4)c(Oc3ccc(N)cc3N)c2Oc2ccc(N)cc2N)c(N)c1. The highest BCUT2D eigenvalue weighted by atomic mass is 16.5. The Bertz CT molecular complexity index is 1940. The van der Waals surface area contributed by atoms with Gasteiger partial charge in [0.05, 0.1) is 17.1 Å². The second-order valence-corrected chi connectivity index (χ2v) is 18.1. The lowest BCUT2D eigenvalue weighted by atomic mass is 9.46. The summed E-state index contributed by atoms with van der Waals surface area (Å²) >= 11 is 0. The molecule has 0 spiro atoms. The predicted molar refractivity (Wildman–Crippen MR) is 212 cm³/mol. The van der Waals surface area contributed by atoms with Gasteiger partial charge in [-0.25, -0.2) is 0 Å². The van der Waals surface area contributed by atoms with Gasteiger partial charge in [-0.3, -0.25) is 0 Å². The Morgan fingerprint density at radius 3 is 0.943 bits per heavy atom. The van der Waals surface area contributed by atoms with Gasteiger partial charge in [0.2, 0.25) is 5.75 Å². The van der Waals surface area contributed by atoms with Crippen LogP contribution in [0.5, 0.6) is 34.5 Å². The molecule has 53 heavy (non-hydrogen) atoms. The highest BCUT2D eigenvalue weighted by Gasteiger charge is 2.56. The Morgan fingerprint density at radius 1 is 0.377 bits per heavy atom. The lowest BCUT2D eigenvalue weighted by Crippen LogP contribution is -2.50. The van der Waals surface area contributed by atoms with Gasteiger partial charge in [-0.05, 0) is 184 Å². The molecule has 8 bridgehead atoms. The number of nitrogen functional groups attached to an aromatic ring is 6. The average molecular weight is 713 g/mol. The second kappa shape index (κ2) is 11.8. The van der Waals surface area contributed by atoms with Crippen LogP contribution in [0.25, 0.3) is 0 Å². The van der Waals surface area contributed by atoms with Crippen LogP contribution in [0.15, 0.2) is 60.7 Å². The molecule has 0 saturated heterocycles. The summed E-state index contributed by atoms with van der Waals surface area (Å²) in [6.45, 7) is 0. The number of hydrogen-bond donors (Lipinski definition) is 6. The van der Waals surface area contributed by atoms with E-state index < -0.39 is 0 Å². The van der Waals surface area contributed by atoms with Crippen LogP contribution in [0.2, 0.25) is 0 Å². The first-order valence-corrected chi connectivity index (χ1v) is 19.7. The Hall–Kier alpha value is -4.92. The minimum absolute atomic E-state index is 0.0623. The maximum Gasteiger partial charge on any atom is 0.213 e. The highest BCUT2D eigenvalue weighted by molar-refractivity contribution is 5.72. The van der Waals surface area contributed by atoms with Gasteiger partial charge < -0.3 is 48.6 Å². The maximum atomic E-state index is 7.15. The van der Waals surface area contributed by atoms with Gasteiger partial charge in [0.25, 0.3) is 0 Å². The molecule has 12 N–H and O–H groups in total. The molecule has 8 fully saturated rings. The third-order valence-electron chi connectivity index (χ3n) is 14.1. The normalized spacial score (nSPS) is 31.8. The molecule has 0 atom stereocenters. The first-order valence-electron chi connectivity index (χ1n) is 19.7. The lowest BCUT2D eigenvalue weighted by molar-refractivity contribution is -0.00959. The molecule has 9 nitrogen and oxygen atoms in total. The number of rotatable bonds is 8. The number of benzene rings is 4. The Labute approximate surface area is 311 Å². The first-order chi connectivity index (χ1) is 25.5. The predicted octanol–water partition coefficient (Wildman–Crippen LogP) is 9.49. The van der Waals surface area contributed by atoms with E-state index in [9.17, 15) is 0 Å². The quantitative estimate of drug-likeness (QED) is 0.0969. The molecular weight excluding hydrogens is 661 g/mol. The zero-order valence-corrected chi connectivity index (χ0v) is 30.4. The van der Waals surface area contributed by atoms with E-state index in [1.54, 1.807) is 18.2 Å². The molecule has 4 aromatic rings. The van der Waals surface area contributed by atoms with Crippen molar-refractivity contribution in [2.75, 3.05) is 34.4 Å². The zero-order chi connectivity index (χ0) is 36.2. The van der Waals surface area contributed by atoms with Crippen LogP contribution in [0, 0.1) is 35.5 Å². The van der Waals surface area contributed by atoms with E-state index in [4.69, 9.17) is 48.6 Å². The molecule has 9 heteroatoms. The molecule has 0 heterocycles. The van der Waals surface area contributed by atoms with E-state index in [2.05, 4.69) is 6.07 Å². The van der Waals surface area contributed by atoms with Gasteiger partial charge >= 0.3 is 0 Å². The molecular formula is C44H52N6O3. The van der Waals surface area contributed by atoms with E-state index in [1.165, 1.54) is 49.7 Å². The first kappa shape index (κ1) is 32.7. The van der Waals surface area contributed by atoms with E-state index >= 15 is 0 Å². The number of ether oxygens (including phenoxy) is 3. The van der Waals surface area contributed by atoms with Crippen molar-refractivity contribution in [1.82, 2.24) is 0 Å². The molecule has 4 aromatic carbocycles. The van der Waals surface area contributed by atoms with E-state index in [0.29, 0.717) is 104 Å². The van der Waals surface area contributed by atoms with Crippen LogP contribution in [0.1, 0.15) is 88.2 Å². The van der Waals surface area contributed by atoms with Crippen molar-refractivity contribution in [2.45, 2.75) is 87.9 Å². The molecule has 276 valence electrons. The molecule has 8 aliphatic rings. The molecule has 0 radical (unpaired) electrons. The molecule has 8 saturated carbocycles. The Morgan fingerprint density at radius 2 is 0.660 bits per heavy atom. The summed E-state index contributed by atoms with van der Waals surface area (Å²) in [7, 11) is 0. The summed E-state index contributed by atoms with van der Waals surface area (Å²) in [5.74, 6) is 7.50. The van der Waals surface area contributed by atoms with Gasteiger partial charge in [0.1, 0.15) is 0 Å². The molecule has 0 aliphatic heterocycles. The maximum absolute atomic E-state index is 7.15. The number of nitrogens with two attached hydrogens (primary N) is 6. The average Bonchev–Trinajstić information content (AvgIpc) is 3.08. The van der Waals surface area contributed by atoms with Crippen molar-refractivity contribution in [2.24, 2.45) is 35.5 Å². The van der Waals surface area contributed by atoms with Crippen molar-refractivity contribution < 1.29 is 14.2 Å². The zero-order valence-electron chi connectivity index (χ0n) is 30.4. The van der Waals surface area contributed by atoms with Gasteiger partial charge in [-0.15, -0.1) is 0 Å². The van der Waals surface area contributed by atoms with Gasteiger partial charge in [-0.2, -0.15) is 0 Å².